The molecule has 1 aromatic rings. The second kappa shape index (κ2) is 5.15. The zero-order chi connectivity index (χ0) is 10.6. The number of thioether (sulfide) groups is 1. The van der Waals surface area contributed by atoms with Crippen LogP contribution in [0.25, 0.3) is 0 Å². The molecule has 0 amide bonds. The molecule has 0 atom stereocenters. The summed E-state index contributed by atoms with van der Waals surface area (Å²) in [7, 11) is 3.36. The van der Waals surface area contributed by atoms with Crippen LogP contribution in [0.5, 0.6) is 11.5 Å². The summed E-state index contributed by atoms with van der Waals surface area (Å²) >= 11 is 1.77. The van der Waals surface area contributed by atoms with Crippen molar-refractivity contribution in [3.8, 4) is 11.5 Å². The van der Waals surface area contributed by atoms with E-state index in [9.17, 15) is 0 Å². The van der Waals surface area contributed by atoms with Crippen LogP contribution in [0.15, 0.2) is 23.1 Å². The maximum absolute atomic E-state index is 5.27. The Bertz CT molecular complexity index is 297. The van der Waals surface area contributed by atoms with Gasteiger partial charge in [0.25, 0.3) is 0 Å². The van der Waals surface area contributed by atoms with E-state index in [0.29, 0.717) is 5.25 Å². The highest BCUT2D eigenvalue weighted by Crippen LogP contribution is 2.34. The molecule has 0 unspecified atom stereocenters. The average Bonchev–Trinajstić information content (AvgIpc) is 2.16. The molecular formula is C11H16O2S. The smallest absolute Gasteiger partial charge is 0.132 e. The van der Waals surface area contributed by atoms with Gasteiger partial charge in [0.2, 0.25) is 0 Å². The topological polar surface area (TPSA) is 18.5 Å². The lowest BCUT2D eigenvalue weighted by Gasteiger charge is -2.11. The van der Waals surface area contributed by atoms with Gasteiger partial charge in [-0.1, -0.05) is 13.8 Å². The van der Waals surface area contributed by atoms with Crippen LogP contribution in [0.2, 0.25) is 0 Å². The van der Waals surface area contributed by atoms with E-state index >= 15 is 0 Å². The summed E-state index contributed by atoms with van der Waals surface area (Å²) in [6, 6.07) is 5.84. The molecule has 0 aromatic heterocycles. The van der Waals surface area contributed by atoms with Crippen molar-refractivity contribution in [1.29, 1.82) is 0 Å². The second-order valence-electron chi connectivity index (χ2n) is 3.18. The van der Waals surface area contributed by atoms with E-state index < -0.39 is 0 Å². The van der Waals surface area contributed by atoms with Gasteiger partial charge in [0.05, 0.1) is 19.1 Å². The molecule has 0 saturated heterocycles. The Kier molecular flexibility index (Phi) is 4.14. The zero-order valence-corrected chi connectivity index (χ0v) is 9.85. The zero-order valence-electron chi connectivity index (χ0n) is 9.03. The fourth-order valence-electron chi connectivity index (χ4n) is 1.13. The molecule has 3 heteroatoms. The number of ether oxygens (including phenoxy) is 2. The fraction of sp³-hybridized carbons (Fsp3) is 0.455. The summed E-state index contributed by atoms with van der Waals surface area (Å²) < 4.78 is 10.4. The molecule has 0 spiro atoms. The van der Waals surface area contributed by atoms with Crippen molar-refractivity contribution in [3.05, 3.63) is 18.2 Å². The summed E-state index contributed by atoms with van der Waals surface area (Å²) in [6.07, 6.45) is 0. The third-order valence-electron chi connectivity index (χ3n) is 1.73. The normalized spacial score (nSPS) is 10.4. The van der Waals surface area contributed by atoms with E-state index in [2.05, 4.69) is 13.8 Å². The minimum absolute atomic E-state index is 0.538. The number of hydrogen-bond donors (Lipinski definition) is 0. The molecule has 0 aliphatic heterocycles. The van der Waals surface area contributed by atoms with Crippen LogP contribution in [0.1, 0.15) is 13.8 Å². The molecule has 0 aliphatic rings. The van der Waals surface area contributed by atoms with Gasteiger partial charge in [-0.05, 0) is 18.2 Å². The SMILES string of the molecule is COc1ccc(OC)c(SC(C)C)c1. The Balaban J connectivity index is 2.96. The van der Waals surface area contributed by atoms with E-state index in [-0.39, 0.29) is 0 Å². The molecule has 1 rings (SSSR count). The molecule has 0 bridgehead atoms. The van der Waals surface area contributed by atoms with E-state index in [1.807, 2.05) is 18.2 Å². The summed E-state index contributed by atoms with van der Waals surface area (Å²) in [4.78, 5) is 1.13. The lowest BCUT2D eigenvalue weighted by molar-refractivity contribution is 0.394. The lowest BCUT2D eigenvalue weighted by Crippen LogP contribution is -1.92. The van der Waals surface area contributed by atoms with Crippen molar-refractivity contribution in [2.75, 3.05) is 14.2 Å². The van der Waals surface area contributed by atoms with E-state index in [1.54, 1.807) is 26.0 Å². The Morgan fingerprint density at radius 1 is 1.14 bits per heavy atom. The van der Waals surface area contributed by atoms with Crippen LogP contribution in [0, 0.1) is 0 Å². The maximum atomic E-state index is 5.27. The first-order valence-electron chi connectivity index (χ1n) is 4.56. The van der Waals surface area contributed by atoms with Gasteiger partial charge in [-0.2, -0.15) is 0 Å². The van der Waals surface area contributed by atoms with Crippen LogP contribution < -0.4 is 9.47 Å². The van der Waals surface area contributed by atoms with Crippen LogP contribution in [-0.4, -0.2) is 19.5 Å². The number of hydrogen-bond acceptors (Lipinski definition) is 3. The van der Waals surface area contributed by atoms with Crippen LogP contribution >= 0.6 is 11.8 Å². The lowest BCUT2D eigenvalue weighted by atomic mass is 10.3. The first-order chi connectivity index (χ1) is 6.67. The molecule has 0 aliphatic carbocycles. The van der Waals surface area contributed by atoms with E-state index in [0.717, 1.165) is 16.4 Å². The Morgan fingerprint density at radius 3 is 2.36 bits per heavy atom. The maximum Gasteiger partial charge on any atom is 0.132 e. The second-order valence-corrected chi connectivity index (χ2v) is 4.80. The van der Waals surface area contributed by atoms with Gasteiger partial charge < -0.3 is 9.47 Å². The highest BCUT2D eigenvalue weighted by atomic mass is 32.2. The largest absolute Gasteiger partial charge is 0.497 e. The molecule has 1 aromatic carbocycles. The van der Waals surface area contributed by atoms with Gasteiger partial charge in [-0.3, -0.25) is 0 Å². The van der Waals surface area contributed by atoms with Gasteiger partial charge in [-0.25, -0.2) is 0 Å². The Morgan fingerprint density at radius 2 is 1.86 bits per heavy atom. The summed E-state index contributed by atoms with van der Waals surface area (Å²) in [5, 5.41) is 0.538. The minimum Gasteiger partial charge on any atom is -0.497 e. The van der Waals surface area contributed by atoms with Crippen LogP contribution in [-0.2, 0) is 0 Å². The average molecular weight is 212 g/mol. The first-order valence-corrected chi connectivity index (χ1v) is 5.44. The van der Waals surface area contributed by atoms with Crippen molar-refractivity contribution in [1.82, 2.24) is 0 Å². The first kappa shape index (κ1) is 11.2. The van der Waals surface area contributed by atoms with Crippen molar-refractivity contribution in [2.24, 2.45) is 0 Å². The molecule has 0 saturated carbocycles. The molecule has 14 heavy (non-hydrogen) atoms. The third-order valence-corrected chi connectivity index (χ3v) is 2.78. The summed E-state index contributed by atoms with van der Waals surface area (Å²) in [5.41, 5.74) is 0. The van der Waals surface area contributed by atoms with Crippen molar-refractivity contribution >= 4 is 11.8 Å². The molecule has 0 radical (unpaired) electrons. The number of rotatable bonds is 4. The molecule has 0 fully saturated rings. The molecule has 2 nitrogen and oxygen atoms in total. The molecule has 0 heterocycles. The van der Waals surface area contributed by atoms with Gasteiger partial charge in [0, 0.05) is 5.25 Å². The van der Waals surface area contributed by atoms with Crippen LogP contribution in [0.4, 0.5) is 0 Å². The van der Waals surface area contributed by atoms with Crippen LogP contribution in [0.3, 0.4) is 0 Å². The predicted molar refractivity (Wildman–Crippen MR) is 60.5 cm³/mol. The Labute approximate surface area is 89.6 Å². The van der Waals surface area contributed by atoms with Gasteiger partial charge in [-0.15, -0.1) is 11.8 Å². The van der Waals surface area contributed by atoms with Gasteiger partial charge >= 0.3 is 0 Å². The highest BCUT2D eigenvalue weighted by Gasteiger charge is 2.07. The molecular weight excluding hydrogens is 196 g/mol. The quantitative estimate of drug-likeness (QED) is 0.714. The Hall–Kier alpha value is -0.830. The van der Waals surface area contributed by atoms with Crippen molar-refractivity contribution in [3.63, 3.8) is 0 Å². The predicted octanol–water partition coefficient (Wildman–Crippen LogP) is 3.20. The highest BCUT2D eigenvalue weighted by molar-refractivity contribution is 8.00. The standard InChI is InChI=1S/C11H16O2S/c1-8(2)14-11-7-9(12-3)5-6-10(11)13-4/h5-8H,1-4H3. The van der Waals surface area contributed by atoms with E-state index in [4.69, 9.17) is 9.47 Å². The summed E-state index contributed by atoms with van der Waals surface area (Å²) in [5.74, 6) is 1.78. The van der Waals surface area contributed by atoms with Gasteiger partial charge in [0.15, 0.2) is 0 Å². The molecule has 78 valence electrons. The third kappa shape index (κ3) is 2.84. The fourth-order valence-corrected chi connectivity index (χ4v) is 2.09. The van der Waals surface area contributed by atoms with Crippen molar-refractivity contribution < 1.29 is 9.47 Å². The minimum atomic E-state index is 0.538. The molecule has 0 N–H and O–H groups in total. The number of methoxy groups -OCH3 is 2. The van der Waals surface area contributed by atoms with E-state index in [1.165, 1.54) is 0 Å². The monoisotopic (exact) mass is 212 g/mol. The number of benzene rings is 1. The van der Waals surface area contributed by atoms with Gasteiger partial charge in [0.1, 0.15) is 11.5 Å². The summed E-state index contributed by atoms with van der Waals surface area (Å²) in [6.45, 7) is 4.31. The van der Waals surface area contributed by atoms with Crippen molar-refractivity contribution in [2.45, 2.75) is 24.0 Å².